The molecule has 334 valence electrons. The van der Waals surface area contributed by atoms with Crippen molar-refractivity contribution < 1.29 is 52.2 Å². The molecule has 0 fully saturated rings. The molecule has 0 saturated heterocycles. The summed E-state index contributed by atoms with van der Waals surface area (Å²) in [5.41, 5.74) is -1.22. The van der Waals surface area contributed by atoms with Crippen LogP contribution in [0.2, 0.25) is 0 Å². The summed E-state index contributed by atoms with van der Waals surface area (Å²) in [6.45, 7) is -2.43. The average Bonchev–Trinajstić information content (AvgIpc) is 1.07. The van der Waals surface area contributed by atoms with Gasteiger partial charge in [-0.05, 0) is 104 Å². The number of hydrogen-bond acceptors (Lipinski definition) is 3. The molecule has 0 atom stereocenters. The van der Waals surface area contributed by atoms with Crippen molar-refractivity contribution in [3.63, 3.8) is 0 Å². The molecule has 0 unspecified atom stereocenters. The SMILES string of the molecule is [2H]c1nc(-c2[c-]c(-c3cccc4c3nc(-c3ccccc3O)n4-c3cc(C([2H])([2H])[2H])c(-c4ccc(C(C)(C)C)cc4)cc3-c3ccccc3)cc(C(C)(C)C)c2)c([2H])c(-c2c([2H])c([2H])c(C(C([2H])([2H])[2H])(C([2H])([2H])[2H])C([2H])([2H])[2H])c([2H])c2[2H])c1[2H].[Pt]. The number of para-hydroxylation sites is 2. The first kappa shape index (κ1) is 28.0. The van der Waals surface area contributed by atoms with E-state index in [0.29, 0.717) is 55.7 Å². The van der Waals surface area contributed by atoms with E-state index in [-0.39, 0.29) is 54.9 Å². The molecule has 0 bridgehead atoms. The summed E-state index contributed by atoms with van der Waals surface area (Å²) < 4.78 is 167. The number of nitrogens with zero attached hydrogens (tertiary/aromatic N) is 3. The standard InChI is InChI=1S/C61H58N3O.Pt/c1-39-33-55(52(41-17-12-11-13-18-41)38-51(39)42-25-29-47(30-26-42)60(5,6)7)64-54-21-16-20-49(57(54)63-58(64)50-19-14-15-22-56(50)65)44-34-45(36-48(35-44)61(8,9)10)53-37-43(31-32-62-53)40-23-27-46(28-24-40)59(2,3)4;/h11-33,35-38,65H,1-10H3;/q-1;/i1D3,2D3,3D3,4D3,23D,24D,27D,28D,31D,32D,37D;. The van der Waals surface area contributed by atoms with Gasteiger partial charge in [-0.25, -0.2) is 4.98 Å². The van der Waals surface area contributed by atoms with Crippen molar-refractivity contribution in [2.24, 2.45) is 0 Å². The zero-order valence-corrected chi connectivity index (χ0v) is 39.4. The fourth-order valence-electron chi connectivity index (χ4n) is 7.89. The molecule has 0 aliphatic rings. The minimum absolute atomic E-state index is 0. The van der Waals surface area contributed by atoms with Crippen LogP contribution in [0.25, 0.3) is 83.9 Å². The smallest absolute Gasteiger partial charge is 0.148 e. The Morgan fingerprint density at radius 1 is 0.576 bits per heavy atom. The average molecular weight is 1060 g/mol. The normalized spacial score (nSPS) is 17.0. The van der Waals surface area contributed by atoms with Crippen molar-refractivity contribution in [3.05, 3.63) is 192 Å². The van der Waals surface area contributed by atoms with Crippen LogP contribution in [0.5, 0.6) is 5.75 Å². The number of phenols is 1. The minimum atomic E-state index is -3.95. The second kappa shape index (κ2) is 17.8. The molecule has 7 aromatic carbocycles. The summed E-state index contributed by atoms with van der Waals surface area (Å²) in [6.07, 6.45) is -0.790. The third-order valence-corrected chi connectivity index (χ3v) is 11.5. The quantitative estimate of drug-likeness (QED) is 0.162. The van der Waals surface area contributed by atoms with E-state index in [1.54, 1.807) is 42.5 Å². The minimum Gasteiger partial charge on any atom is -0.507 e. The van der Waals surface area contributed by atoms with E-state index in [2.05, 4.69) is 31.8 Å². The van der Waals surface area contributed by atoms with Gasteiger partial charge in [0, 0.05) is 54.9 Å². The number of hydrogen-bond donors (Lipinski definition) is 1. The molecule has 2 aromatic heterocycles. The second-order valence-electron chi connectivity index (χ2n) is 18.2. The fraction of sp³-hybridized carbons (Fsp3) is 0.213. The number of aromatic nitrogens is 3. The van der Waals surface area contributed by atoms with Crippen LogP contribution in [0.15, 0.2) is 164 Å². The first-order chi connectivity index (χ1) is 38.8. The number of fused-ring (bicyclic) bond motifs is 1. The first-order valence-electron chi connectivity index (χ1n) is 30.7. The van der Waals surface area contributed by atoms with Crippen molar-refractivity contribution in [2.45, 2.75) is 85.2 Å². The predicted molar refractivity (Wildman–Crippen MR) is 273 cm³/mol. The van der Waals surface area contributed by atoms with Gasteiger partial charge < -0.3 is 5.11 Å². The van der Waals surface area contributed by atoms with Gasteiger partial charge in [-0.15, -0.1) is 29.3 Å². The van der Waals surface area contributed by atoms with E-state index < -0.39 is 97.4 Å². The third kappa shape index (κ3) is 9.09. The van der Waals surface area contributed by atoms with Crippen molar-refractivity contribution in [2.75, 3.05) is 0 Å². The molecule has 0 aliphatic heterocycles. The largest absolute Gasteiger partial charge is 0.507 e. The Kier molecular flexibility index (Phi) is 7.54. The molecule has 9 aromatic rings. The van der Waals surface area contributed by atoms with Gasteiger partial charge in [0.2, 0.25) is 0 Å². The van der Waals surface area contributed by atoms with Gasteiger partial charge in [-0.2, -0.15) is 0 Å². The summed E-state index contributed by atoms with van der Waals surface area (Å²) in [7, 11) is 0. The Morgan fingerprint density at radius 2 is 1.24 bits per heavy atom. The van der Waals surface area contributed by atoms with Crippen molar-refractivity contribution in [1.29, 1.82) is 0 Å². The van der Waals surface area contributed by atoms with Gasteiger partial charge in [0.05, 0.1) is 31.9 Å². The summed E-state index contributed by atoms with van der Waals surface area (Å²) >= 11 is 0. The van der Waals surface area contributed by atoms with Gasteiger partial charge in [0.15, 0.2) is 0 Å². The number of rotatable bonds is 7. The van der Waals surface area contributed by atoms with Gasteiger partial charge in [0.1, 0.15) is 11.6 Å². The Labute approximate surface area is 432 Å². The van der Waals surface area contributed by atoms with Crippen LogP contribution in [0.3, 0.4) is 0 Å². The van der Waals surface area contributed by atoms with Crippen LogP contribution in [0, 0.1) is 12.9 Å². The van der Waals surface area contributed by atoms with E-state index in [1.165, 1.54) is 6.07 Å². The monoisotopic (exact) mass is 1060 g/mol. The molecule has 66 heavy (non-hydrogen) atoms. The Hall–Kier alpha value is -6.35. The number of pyridine rings is 1. The molecule has 9 rings (SSSR count). The fourth-order valence-corrected chi connectivity index (χ4v) is 7.89. The molecular weight excluding hydrogens is 986 g/mol. The topological polar surface area (TPSA) is 50.9 Å². The molecule has 1 N–H and O–H groups in total. The number of aromatic hydroxyl groups is 1. The van der Waals surface area contributed by atoms with Crippen molar-refractivity contribution in [1.82, 2.24) is 14.5 Å². The number of imidazole rings is 1. The van der Waals surface area contributed by atoms with Crippen LogP contribution in [0.1, 0.15) is 110 Å². The van der Waals surface area contributed by atoms with Gasteiger partial charge in [0.25, 0.3) is 0 Å². The predicted octanol–water partition coefficient (Wildman–Crippen LogP) is 16.1. The summed E-state index contributed by atoms with van der Waals surface area (Å²) in [6, 6.07) is 33.1. The Morgan fingerprint density at radius 3 is 1.92 bits per heavy atom. The van der Waals surface area contributed by atoms with E-state index in [9.17, 15) is 6.48 Å². The number of benzene rings is 7. The maximum absolute atomic E-state index is 11.6. The maximum atomic E-state index is 11.6. The van der Waals surface area contributed by atoms with E-state index >= 15 is 0 Å². The molecule has 5 heteroatoms. The summed E-state index contributed by atoms with van der Waals surface area (Å²) in [4.78, 5) is 9.64. The maximum Gasteiger partial charge on any atom is 0.148 e. The van der Waals surface area contributed by atoms with Gasteiger partial charge in [-0.1, -0.05) is 182 Å². The molecule has 0 amide bonds. The summed E-state index contributed by atoms with van der Waals surface area (Å²) in [5, 5.41) is 11.6. The van der Waals surface area contributed by atoms with Crippen LogP contribution < -0.4 is 0 Å². The van der Waals surface area contributed by atoms with Crippen molar-refractivity contribution in [3.8, 4) is 78.6 Å². The molecule has 0 saturated carbocycles. The summed E-state index contributed by atoms with van der Waals surface area (Å²) in [5.74, 6) is 0.117. The van der Waals surface area contributed by atoms with Crippen LogP contribution >= 0.6 is 0 Å². The zero-order chi connectivity index (χ0) is 61.9. The molecule has 2 heterocycles. The van der Waals surface area contributed by atoms with E-state index in [0.717, 1.165) is 11.1 Å². The Balaban J connectivity index is 0.00000940. The van der Waals surface area contributed by atoms with E-state index in [1.807, 2.05) is 98.1 Å². The number of aryl methyl sites for hydroxylation is 1. The Bertz CT molecular complexity index is 4010. The van der Waals surface area contributed by atoms with Crippen molar-refractivity contribution >= 4 is 11.0 Å². The van der Waals surface area contributed by atoms with Crippen LogP contribution in [-0.4, -0.2) is 19.6 Å². The molecule has 0 aliphatic carbocycles. The third-order valence-electron chi connectivity index (χ3n) is 11.5. The van der Waals surface area contributed by atoms with E-state index in [4.69, 9.17) is 29.7 Å². The molecular formula is C61H58N3OPt-. The molecule has 4 nitrogen and oxygen atoms in total. The van der Waals surface area contributed by atoms with Gasteiger partial charge in [-0.3, -0.25) is 9.55 Å². The first-order valence-corrected chi connectivity index (χ1v) is 21.2. The van der Waals surface area contributed by atoms with Crippen LogP contribution in [0.4, 0.5) is 0 Å². The zero-order valence-electron chi connectivity index (χ0n) is 56.2. The van der Waals surface area contributed by atoms with Gasteiger partial charge >= 0.3 is 0 Å². The second-order valence-corrected chi connectivity index (χ2v) is 18.2. The van der Waals surface area contributed by atoms with Crippen LogP contribution in [-0.2, 0) is 37.3 Å². The number of phenolic OH excluding ortho intramolecular Hbond substituents is 1. The molecule has 0 spiro atoms. The molecule has 0 radical (unpaired) electrons.